The molecule has 0 atom stereocenters. The summed E-state index contributed by atoms with van der Waals surface area (Å²) in [5.74, 6) is -0.449. The SMILES string of the molecule is CCOCON1C(=O)C(c2c(C)cc(C)cc2C)=C(OC(=O)C(C)(C)C)C1(C)C. The number of benzene rings is 1. The van der Waals surface area contributed by atoms with Gasteiger partial charge in [0.15, 0.2) is 6.79 Å². The van der Waals surface area contributed by atoms with Crippen molar-refractivity contribution in [2.75, 3.05) is 13.4 Å². The van der Waals surface area contributed by atoms with Crippen LogP contribution in [0.3, 0.4) is 0 Å². The summed E-state index contributed by atoms with van der Waals surface area (Å²) in [6.07, 6.45) is 0. The number of hydroxylamine groups is 2. The van der Waals surface area contributed by atoms with Crippen molar-refractivity contribution >= 4 is 17.4 Å². The van der Waals surface area contributed by atoms with E-state index in [9.17, 15) is 9.59 Å². The number of ether oxygens (including phenoxy) is 2. The summed E-state index contributed by atoms with van der Waals surface area (Å²) in [6.45, 7) is 17.1. The highest BCUT2D eigenvalue weighted by Gasteiger charge is 2.50. The van der Waals surface area contributed by atoms with Crippen LogP contribution in [0.1, 0.15) is 63.8 Å². The summed E-state index contributed by atoms with van der Waals surface area (Å²) in [4.78, 5) is 31.8. The normalized spacial score (nSPS) is 16.6. The van der Waals surface area contributed by atoms with E-state index in [4.69, 9.17) is 14.3 Å². The lowest BCUT2D eigenvalue weighted by molar-refractivity contribution is -0.243. The molecule has 2 rings (SSSR count). The van der Waals surface area contributed by atoms with E-state index in [1.807, 2.05) is 39.8 Å². The maximum Gasteiger partial charge on any atom is 0.316 e. The molecule has 0 aromatic heterocycles. The zero-order valence-electron chi connectivity index (χ0n) is 19.1. The van der Waals surface area contributed by atoms with Crippen LogP contribution in [0.2, 0.25) is 0 Å². The number of carbonyl (C=O) groups excluding carboxylic acids is 2. The molecule has 0 N–H and O–H groups in total. The van der Waals surface area contributed by atoms with Crippen LogP contribution in [0.4, 0.5) is 0 Å². The van der Waals surface area contributed by atoms with E-state index in [1.54, 1.807) is 34.6 Å². The minimum absolute atomic E-state index is 0.0642. The topological polar surface area (TPSA) is 65.1 Å². The number of amides is 1. The second-order valence-electron chi connectivity index (χ2n) is 9.02. The van der Waals surface area contributed by atoms with Crippen LogP contribution in [0, 0.1) is 26.2 Å². The Labute approximate surface area is 173 Å². The van der Waals surface area contributed by atoms with Gasteiger partial charge in [0.1, 0.15) is 11.3 Å². The molecule has 0 fully saturated rings. The van der Waals surface area contributed by atoms with Crippen molar-refractivity contribution in [1.29, 1.82) is 0 Å². The standard InChI is InChI=1S/C23H33NO5/c1-10-27-13-28-24-20(25)18(17-15(3)11-14(2)12-16(17)4)19(23(24,8)9)29-21(26)22(5,6)7/h11-12H,10,13H2,1-9H3. The molecule has 1 aromatic carbocycles. The predicted molar refractivity (Wildman–Crippen MR) is 112 cm³/mol. The first-order chi connectivity index (χ1) is 13.3. The lowest BCUT2D eigenvalue weighted by atomic mass is 9.91. The minimum Gasteiger partial charge on any atom is -0.427 e. The van der Waals surface area contributed by atoms with Gasteiger partial charge in [-0.2, -0.15) is 0 Å². The Kier molecular flexibility index (Phi) is 6.60. The Bertz CT molecular complexity index is 822. The van der Waals surface area contributed by atoms with Crippen LogP contribution in [-0.2, 0) is 23.9 Å². The fourth-order valence-electron chi connectivity index (χ4n) is 3.46. The van der Waals surface area contributed by atoms with Crippen molar-refractivity contribution in [3.8, 4) is 0 Å². The van der Waals surface area contributed by atoms with E-state index in [-0.39, 0.29) is 12.7 Å². The smallest absolute Gasteiger partial charge is 0.316 e. The van der Waals surface area contributed by atoms with E-state index in [2.05, 4.69) is 0 Å². The van der Waals surface area contributed by atoms with Crippen LogP contribution in [0.15, 0.2) is 17.9 Å². The molecule has 6 heteroatoms. The average Bonchev–Trinajstić information content (AvgIpc) is 2.74. The van der Waals surface area contributed by atoms with Gasteiger partial charge in [0.2, 0.25) is 0 Å². The second-order valence-corrected chi connectivity index (χ2v) is 9.02. The molecule has 0 spiro atoms. The fraction of sp³-hybridized carbons (Fsp3) is 0.565. The number of hydrogen-bond acceptors (Lipinski definition) is 5. The molecule has 0 radical (unpaired) electrons. The van der Waals surface area contributed by atoms with E-state index < -0.39 is 16.9 Å². The maximum absolute atomic E-state index is 13.4. The predicted octanol–water partition coefficient (Wildman–Crippen LogP) is 4.46. The van der Waals surface area contributed by atoms with Gasteiger partial charge in [-0.1, -0.05) is 17.7 Å². The summed E-state index contributed by atoms with van der Waals surface area (Å²) < 4.78 is 11.1. The molecule has 0 saturated heterocycles. The number of rotatable bonds is 6. The first-order valence-electron chi connectivity index (χ1n) is 9.92. The Balaban J connectivity index is 2.65. The van der Waals surface area contributed by atoms with Gasteiger partial charge < -0.3 is 9.47 Å². The highest BCUT2D eigenvalue weighted by atomic mass is 16.8. The molecule has 160 valence electrons. The van der Waals surface area contributed by atoms with Crippen LogP contribution in [0.25, 0.3) is 5.57 Å². The van der Waals surface area contributed by atoms with Crippen molar-refractivity contribution in [3.05, 3.63) is 40.1 Å². The lowest BCUT2D eigenvalue weighted by Gasteiger charge is -2.32. The highest BCUT2D eigenvalue weighted by Crippen LogP contribution is 2.43. The second kappa shape index (κ2) is 8.28. The van der Waals surface area contributed by atoms with Gasteiger partial charge >= 0.3 is 5.97 Å². The lowest BCUT2D eigenvalue weighted by Crippen LogP contribution is -2.45. The summed E-state index contributed by atoms with van der Waals surface area (Å²) >= 11 is 0. The zero-order chi connectivity index (χ0) is 22.1. The van der Waals surface area contributed by atoms with E-state index >= 15 is 0 Å². The highest BCUT2D eigenvalue weighted by molar-refractivity contribution is 6.23. The molecule has 0 aliphatic carbocycles. The quantitative estimate of drug-likeness (QED) is 0.399. The molecular formula is C23H33NO5. The van der Waals surface area contributed by atoms with Gasteiger partial charge in [-0.05, 0) is 79.0 Å². The van der Waals surface area contributed by atoms with Crippen molar-refractivity contribution in [1.82, 2.24) is 5.06 Å². The van der Waals surface area contributed by atoms with Gasteiger partial charge in [0.25, 0.3) is 5.91 Å². The van der Waals surface area contributed by atoms with Crippen LogP contribution >= 0.6 is 0 Å². The Hall–Kier alpha value is -2.18. The number of esters is 1. The maximum atomic E-state index is 13.4. The summed E-state index contributed by atoms with van der Waals surface area (Å²) in [5.41, 5.74) is 2.43. The molecule has 0 saturated carbocycles. The van der Waals surface area contributed by atoms with E-state index in [1.165, 1.54) is 5.06 Å². The third-order valence-electron chi connectivity index (χ3n) is 4.89. The van der Waals surface area contributed by atoms with Gasteiger partial charge in [0.05, 0.1) is 11.0 Å². The van der Waals surface area contributed by atoms with E-state index in [0.29, 0.717) is 17.9 Å². The molecular weight excluding hydrogens is 370 g/mol. The van der Waals surface area contributed by atoms with Crippen molar-refractivity contribution < 1.29 is 23.9 Å². The fourth-order valence-corrected chi connectivity index (χ4v) is 3.46. The third kappa shape index (κ3) is 4.54. The average molecular weight is 404 g/mol. The third-order valence-corrected chi connectivity index (χ3v) is 4.89. The molecule has 0 bridgehead atoms. The number of hydrogen-bond donors (Lipinski definition) is 0. The van der Waals surface area contributed by atoms with Crippen molar-refractivity contribution in [3.63, 3.8) is 0 Å². The monoisotopic (exact) mass is 403 g/mol. The Morgan fingerprint density at radius 3 is 2.14 bits per heavy atom. The first kappa shape index (κ1) is 23.1. The molecule has 1 aliphatic heterocycles. The summed E-state index contributed by atoms with van der Waals surface area (Å²) in [6, 6.07) is 4.03. The van der Waals surface area contributed by atoms with Gasteiger partial charge in [0, 0.05) is 6.61 Å². The van der Waals surface area contributed by atoms with Gasteiger partial charge in [-0.3, -0.25) is 9.59 Å². The first-order valence-corrected chi connectivity index (χ1v) is 9.92. The van der Waals surface area contributed by atoms with E-state index in [0.717, 1.165) is 22.3 Å². The zero-order valence-corrected chi connectivity index (χ0v) is 19.1. The van der Waals surface area contributed by atoms with Gasteiger partial charge in [-0.25, -0.2) is 9.90 Å². The summed E-state index contributed by atoms with van der Waals surface area (Å²) in [5, 5.41) is 1.25. The number of aryl methyl sites for hydroxylation is 3. The van der Waals surface area contributed by atoms with Crippen molar-refractivity contribution in [2.24, 2.45) is 5.41 Å². The minimum atomic E-state index is -0.978. The molecule has 1 heterocycles. The Morgan fingerprint density at radius 2 is 1.66 bits per heavy atom. The van der Waals surface area contributed by atoms with Gasteiger partial charge in [-0.15, -0.1) is 0 Å². The molecule has 6 nitrogen and oxygen atoms in total. The number of nitrogens with zero attached hydrogens (tertiary/aromatic N) is 1. The van der Waals surface area contributed by atoms with Crippen LogP contribution < -0.4 is 0 Å². The molecule has 29 heavy (non-hydrogen) atoms. The molecule has 1 aliphatic rings. The molecule has 1 amide bonds. The number of carbonyl (C=O) groups is 2. The van der Waals surface area contributed by atoms with Crippen molar-refractivity contribution in [2.45, 2.75) is 67.9 Å². The molecule has 1 aromatic rings. The Morgan fingerprint density at radius 1 is 1.10 bits per heavy atom. The molecule has 0 unspecified atom stereocenters. The summed E-state index contributed by atoms with van der Waals surface area (Å²) in [7, 11) is 0. The van der Waals surface area contributed by atoms with Crippen LogP contribution in [0.5, 0.6) is 0 Å². The largest absolute Gasteiger partial charge is 0.427 e. The van der Waals surface area contributed by atoms with Crippen LogP contribution in [-0.4, -0.2) is 35.9 Å².